The lowest BCUT2D eigenvalue weighted by Gasteiger charge is -2.34. The highest BCUT2D eigenvalue weighted by molar-refractivity contribution is 5.75. The summed E-state index contributed by atoms with van der Waals surface area (Å²) in [5.41, 5.74) is 2.72. The molecular formula is C20H33N3O. The topological polar surface area (TPSA) is 26.8 Å². The molecule has 0 spiro atoms. The minimum Gasteiger partial charge on any atom is -0.369 e. The Labute approximate surface area is 147 Å². The Balaban J connectivity index is 1.70. The number of hydrogen-bond acceptors (Lipinski definition) is 4. The van der Waals surface area contributed by atoms with Crippen molar-refractivity contribution < 1.29 is 4.79 Å². The van der Waals surface area contributed by atoms with Crippen molar-refractivity contribution in [3.63, 3.8) is 0 Å². The van der Waals surface area contributed by atoms with Crippen molar-refractivity contribution in [2.75, 3.05) is 51.7 Å². The number of unbranched alkanes of at least 4 members (excludes halogenated alkanes) is 2. The molecule has 0 aliphatic carbocycles. The van der Waals surface area contributed by atoms with Crippen molar-refractivity contribution in [1.29, 1.82) is 0 Å². The lowest BCUT2D eigenvalue weighted by atomic mass is 10.1. The Morgan fingerprint density at radius 1 is 1.04 bits per heavy atom. The summed E-state index contributed by atoms with van der Waals surface area (Å²) in [5.74, 6) is 0.309. The van der Waals surface area contributed by atoms with E-state index in [-0.39, 0.29) is 0 Å². The molecule has 1 fully saturated rings. The van der Waals surface area contributed by atoms with E-state index >= 15 is 0 Å². The molecule has 0 atom stereocenters. The fourth-order valence-corrected chi connectivity index (χ4v) is 3.20. The van der Waals surface area contributed by atoms with E-state index in [9.17, 15) is 4.79 Å². The van der Waals surface area contributed by atoms with Crippen LogP contribution in [0.25, 0.3) is 0 Å². The van der Waals surface area contributed by atoms with Crippen LogP contribution in [0.2, 0.25) is 0 Å². The maximum Gasteiger partial charge on any atom is 0.129 e. The number of carbonyl (C=O) groups excluding carboxylic acids is 1. The van der Waals surface area contributed by atoms with Gasteiger partial charge < -0.3 is 19.5 Å². The third-order valence-corrected chi connectivity index (χ3v) is 4.83. The second-order valence-corrected chi connectivity index (χ2v) is 7.21. The largest absolute Gasteiger partial charge is 0.369 e. The van der Waals surface area contributed by atoms with E-state index in [4.69, 9.17) is 0 Å². The van der Waals surface area contributed by atoms with Gasteiger partial charge in [-0.2, -0.15) is 0 Å². The molecule has 1 saturated heterocycles. The highest BCUT2D eigenvalue weighted by Crippen LogP contribution is 2.17. The number of Topliss-reactive ketones (excluding diaryl/α,β-unsaturated/α-hetero) is 1. The van der Waals surface area contributed by atoms with Crippen LogP contribution in [0.3, 0.4) is 0 Å². The first-order valence-corrected chi connectivity index (χ1v) is 9.25. The molecule has 4 heteroatoms. The summed E-state index contributed by atoms with van der Waals surface area (Å²) in [4.78, 5) is 18.2. The van der Waals surface area contributed by atoms with Crippen LogP contribution < -0.4 is 4.90 Å². The number of nitrogens with zero attached hydrogens (tertiary/aromatic N) is 3. The zero-order valence-corrected chi connectivity index (χ0v) is 15.6. The molecule has 134 valence electrons. The van der Waals surface area contributed by atoms with Crippen LogP contribution in [0.15, 0.2) is 24.3 Å². The zero-order chi connectivity index (χ0) is 17.4. The van der Waals surface area contributed by atoms with Crippen molar-refractivity contribution in [2.24, 2.45) is 0 Å². The highest BCUT2D eigenvalue weighted by atomic mass is 16.1. The van der Waals surface area contributed by atoms with Crippen molar-refractivity contribution in [3.05, 3.63) is 29.8 Å². The number of likely N-dealkylation sites (N-methyl/N-ethyl adjacent to an activating group) is 1. The van der Waals surface area contributed by atoms with Gasteiger partial charge in [-0.05, 0) is 58.1 Å². The molecule has 1 aliphatic rings. The molecule has 1 heterocycles. The summed E-state index contributed by atoms with van der Waals surface area (Å²) in [6, 6.07) is 9.06. The fourth-order valence-electron chi connectivity index (χ4n) is 3.20. The van der Waals surface area contributed by atoms with Gasteiger partial charge in [-0.1, -0.05) is 18.6 Å². The molecular weight excluding hydrogens is 298 g/mol. The average molecular weight is 332 g/mol. The molecule has 2 rings (SSSR count). The minimum absolute atomic E-state index is 0.309. The van der Waals surface area contributed by atoms with E-state index in [1.807, 2.05) is 0 Å². The number of anilines is 1. The first-order chi connectivity index (χ1) is 11.5. The Morgan fingerprint density at radius 2 is 1.71 bits per heavy atom. The van der Waals surface area contributed by atoms with E-state index < -0.39 is 0 Å². The van der Waals surface area contributed by atoms with Crippen LogP contribution in [-0.4, -0.2) is 62.4 Å². The molecule has 4 nitrogen and oxygen atoms in total. The van der Waals surface area contributed by atoms with E-state index in [2.05, 4.69) is 53.1 Å². The number of ketones is 1. The predicted molar refractivity (Wildman–Crippen MR) is 102 cm³/mol. The minimum atomic E-state index is 0.309. The summed E-state index contributed by atoms with van der Waals surface area (Å²) in [5, 5.41) is 0. The van der Waals surface area contributed by atoms with Crippen molar-refractivity contribution in [3.8, 4) is 0 Å². The third-order valence-electron chi connectivity index (χ3n) is 4.83. The van der Waals surface area contributed by atoms with Crippen LogP contribution >= 0.6 is 0 Å². The summed E-state index contributed by atoms with van der Waals surface area (Å²) in [6.07, 6.45) is 4.08. The SMILES string of the molecule is CC(=O)CCCCCN(C)Cc1ccc(N2CCN(C)CC2)cc1. The second-order valence-electron chi connectivity index (χ2n) is 7.21. The van der Waals surface area contributed by atoms with Crippen molar-refractivity contribution in [2.45, 2.75) is 39.2 Å². The Morgan fingerprint density at radius 3 is 2.33 bits per heavy atom. The number of benzene rings is 1. The molecule has 0 N–H and O–H groups in total. The van der Waals surface area contributed by atoms with E-state index in [0.717, 1.165) is 58.5 Å². The summed E-state index contributed by atoms with van der Waals surface area (Å²) >= 11 is 0. The van der Waals surface area contributed by atoms with Gasteiger partial charge in [0.05, 0.1) is 0 Å². The molecule has 0 saturated carbocycles. The first kappa shape index (κ1) is 18.9. The number of piperazine rings is 1. The van der Waals surface area contributed by atoms with Gasteiger partial charge in [0, 0.05) is 44.8 Å². The standard InChI is InChI=1S/C20H33N3O/c1-18(24)7-5-4-6-12-22(3)17-19-8-10-20(11-9-19)23-15-13-21(2)14-16-23/h8-11H,4-7,12-17H2,1-3H3. The molecule has 1 aromatic carbocycles. The zero-order valence-electron chi connectivity index (χ0n) is 15.6. The van der Waals surface area contributed by atoms with Crippen LogP contribution in [0.1, 0.15) is 38.2 Å². The highest BCUT2D eigenvalue weighted by Gasteiger charge is 2.14. The molecule has 1 aliphatic heterocycles. The van der Waals surface area contributed by atoms with Gasteiger partial charge in [0.25, 0.3) is 0 Å². The first-order valence-electron chi connectivity index (χ1n) is 9.25. The number of hydrogen-bond donors (Lipinski definition) is 0. The molecule has 0 radical (unpaired) electrons. The van der Waals surface area contributed by atoms with Gasteiger partial charge in [-0.15, -0.1) is 0 Å². The lowest BCUT2D eigenvalue weighted by molar-refractivity contribution is -0.117. The molecule has 0 unspecified atom stereocenters. The van der Waals surface area contributed by atoms with Gasteiger partial charge in [0.15, 0.2) is 0 Å². The summed E-state index contributed by atoms with van der Waals surface area (Å²) in [6.45, 7) is 8.31. The maximum atomic E-state index is 10.9. The Hall–Kier alpha value is -1.39. The molecule has 0 amide bonds. The Bertz CT molecular complexity index is 492. The fraction of sp³-hybridized carbons (Fsp3) is 0.650. The quantitative estimate of drug-likeness (QED) is 0.650. The normalized spacial score (nSPS) is 15.9. The summed E-state index contributed by atoms with van der Waals surface area (Å²) < 4.78 is 0. The van der Waals surface area contributed by atoms with Gasteiger partial charge in [0.1, 0.15) is 5.78 Å². The number of rotatable bonds is 9. The molecule has 0 bridgehead atoms. The molecule has 0 aromatic heterocycles. The van der Waals surface area contributed by atoms with Gasteiger partial charge in [-0.3, -0.25) is 0 Å². The lowest BCUT2D eigenvalue weighted by Crippen LogP contribution is -2.44. The monoisotopic (exact) mass is 331 g/mol. The predicted octanol–water partition coefficient (Wildman–Crippen LogP) is 3.02. The van der Waals surface area contributed by atoms with Crippen LogP contribution in [0, 0.1) is 0 Å². The smallest absolute Gasteiger partial charge is 0.129 e. The van der Waals surface area contributed by atoms with Gasteiger partial charge in [-0.25, -0.2) is 0 Å². The maximum absolute atomic E-state index is 10.9. The van der Waals surface area contributed by atoms with Gasteiger partial charge in [0.2, 0.25) is 0 Å². The van der Waals surface area contributed by atoms with Crippen LogP contribution in [0.5, 0.6) is 0 Å². The molecule has 24 heavy (non-hydrogen) atoms. The summed E-state index contributed by atoms with van der Waals surface area (Å²) in [7, 11) is 4.37. The van der Waals surface area contributed by atoms with Gasteiger partial charge >= 0.3 is 0 Å². The third kappa shape index (κ3) is 6.62. The average Bonchev–Trinajstić information content (AvgIpc) is 2.56. The van der Waals surface area contributed by atoms with Crippen molar-refractivity contribution in [1.82, 2.24) is 9.80 Å². The van der Waals surface area contributed by atoms with Crippen LogP contribution in [0.4, 0.5) is 5.69 Å². The van der Waals surface area contributed by atoms with E-state index in [0.29, 0.717) is 5.78 Å². The molecule has 1 aromatic rings. The van der Waals surface area contributed by atoms with E-state index in [1.54, 1.807) is 6.92 Å². The van der Waals surface area contributed by atoms with E-state index in [1.165, 1.54) is 17.7 Å². The van der Waals surface area contributed by atoms with Crippen LogP contribution in [-0.2, 0) is 11.3 Å². The second kappa shape index (κ2) is 9.80. The Kier molecular flexibility index (Phi) is 7.73. The number of carbonyl (C=O) groups is 1. The van der Waals surface area contributed by atoms with Crippen molar-refractivity contribution >= 4 is 11.5 Å².